The zero-order chi connectivity index (χ0) is 29.8. The van der Waals surface area contributed by atoms with E-state index in [1.54, 1.807) is 14.5 Å². The van der Waals surface area contributed by atoms with Crippen LogP contribution in [0.4, 0.5) is 0 Å². The third-order valence-electron chi connectivity index (χ3n) is 9.19. The van der Waals surface area contributed by atoms with Crippen molar-refractivity contribution >= 4 is 40.6 Å². The number of amides is 2. The van der Waals surface area contributed by atoms with Gasteiger partial charge in [-0.2, -0.15) is 0 Å². The van der Waals surface area contributed by atoms with Gasteiger partial charge in [0, 0.05) is 11.3 Å². The van der Waals surface area contributed by atoms with E-state index in [9.17, 15) is 19.5 Å². The quantitative estimate of drug-likeness (QED) is 0.351. The van der Waals surface area contributed by atoms with Gasteiger partial charge in [0.1, 0.15) is 18.2 Å². The number of aliphatic hydroxyl groups excluding tert-OH is 1. The van der Waals surface area contributed by atoms with Gasteiger partial charge in [-0.15, -0.1) is 16.9 Å². The van der Waals surface area contributed by atoms with Crippen LogP contribution in [0.25, 0.3) is 11.0 Å². The summed E-state index contributed by atoms with van der Waals surface area (Å²) in [5.74, 6) is -2.67. The number of para-hydroxylation sites is 1. The Balaban J connectivity index is 1.36. The second-order valence-corrected chi connectivity index (χ2v) is 13.5. The minimum absolute atomic E-state index is 0.130. The van der Waals surface area contributed by atoms with Crippen LogP contribution in [0.15, 0.2) is 78.9 Å². The molecule has 222 valence electrons. The van der Waals surface area contributed by atoms with Crippen LogP contribution in [-0.4, -0.2) is 83.0 Å². The van der Waals surface area contributed by atoms with Crippen LogP contribution < -0.4 is 0 Å². The molecule has 1 N–H and O–H groups in total. The van der Waals surface area contributed by atoms with E-state index in [1.165, 1.54) is 11.8 Å². The standard InChI is InChI=1S/C32H33N5O5S/c1-31-15-8-3-9-18-42-30(41)26(31)25-28(39)37(24(19-38)21-11-4-2-5-12-21)27-29(40)35(17-10-16-32(25,27)43-31)20-36-23-14-7-6-13-22(23)33-34-36/h2,4-8,10-16,24-27,38H,3,9,17-20H2,1H3/b15-8-/t24-,25+,26+,27?,31-,32+/m1/s1. The normalized spacial score (nSPS) is 31.9. The molecule has 2 amide bonds. The molecule has 0 radical (unpaired) electrons. The lowest BCUT2D eigenvalue weighted by Crippen LogP contribution is -2.54. The maximum Gasteiger partial charge on any atom is 0.311 e. The number of allylic oxidation sites excluding steroid dienone is 1. The molecular formula is C32H33N5O5S. The van der Waals surface area contributed by atoms with Gasteiger partial charge in [0.25, 0.3) is 0 Å². The number of esters is 1. The van der Waals surface area contributed by atoms with Crippen molar-refractivity contribution in [3.63, 3.8) is 0 Å². The first-order valence-electron chi connectivity index (χ1n) is 14.7. The van der Waals surface area contributed by atoms with Gasteiger partial charge in [0.2, 0.25) is 11.8 Å². The lowest BCUT2D eigenvalue weighted by atomic mass is 9.74. The van der Waals surface area contributed by atoms with Crippen molar-refractivity contribution in [3.05, 3.63) is 84.5 Å². The highest BCUT2D eigenvalue weighted by atomic mass is 32.2. The van der Waals surface area contributed by atoms with Crippen LogP contribution in [0.1, 0.15) is 31.4 Å². The minimum atomic E-state index is -1.06. The van der Waals surface area contributed by atoms with Gasteiger partial charge in [-0.25, -0.2) is 4.68 Å². The van der Waals surface area contributed by atoms with Gasteiger partial charge in [0.15, 0.2) is 0 Å². The molecule has 11 heteroatoms. The van der Waals surface area contributed by atoms with Crippen LogP contribution in [0.5, 0.6) is 0 Å². The number of aliphatic hydroxyl groups is 1. The molecule has 1 spiro atoms. The molecule has 1 aromatic heterocycles. The summed E-state index contributed by atoms with van der Waals surface area (Å²) in [7, 11) is 0. The summed E-state index contributed by atoms with van der Waals surface area (Å²) in [6, 6.07) is 15.0. The average molecular weight is 600 g/mol. The third-order valence-corrected chi connectivity index (χ3v) is 11.0. The molecule has 6 atom stereocenters. The van der Waals surface area contributed by atoms with Crippen molar-refractivity contribution in [2.45, 2.75) is 48.0 Å². The van der Waals surface area contributed by atoms with Gasteiger partial charge in [0.05, 0.1) is 41.4 Å². The molecule has 7 rings (SSSR count). The summed E-state index contributed by atoms with van der Waals surface area (Å²) in [6.45, 7) is 2.29. The summed E-state index contributed by atoms with van der Waals surface area (Å²) in [4.78, 5) is 46.5. The number of hydrogen-bond donors (Lipinski definition) is 1. The molecule has 0 aliphatic carbocycles. The number of carbonyl (C=O) groups excluding carboxylic acids is 3. The number of fused-ring (bicyclic) bond motifs is 3. The van der Waals surface area contributed by atoms with Gasteiger partial charge < -0.3 is 19.6 Å². The van der Waals surface area contributed by atoms with Crippen molar-refractivity contribution in [1.29, 1.82) is 0 Å². The number of likely N-dealkylation sites (tertiary alicyclic amines) is 1. The van der Waals surface area contributed by atoms with E-state index >= 15 is 0 Å². The molecule has 1 unspecified atom stereocenters. The number of rotatable bonds is 5. The Morgan fingerprint density at radius 3 is 2.63 bits per heavy atom. The maximum absolute atomic E-state index is 14.8. The van der Waals surface area contributed by atoms with Crippen LogP contribution in [-0.2, 0) is 25.8 Å². The number of benzene rings is 2. The third kappa shape index (κ3) is 4.31. The Labute approximate surface area is 253 Å². The van der Waals surface area contributed by atoms with Crippen molar-refractivity contribution in [2.75, 3.05) is 19.8 Å². The largest absolute Gasteiger partial charge is 0.465 e. The molecule has 5 heterocycles. The van der Waals surface area contributed by atoms with Crippen LogP contribution >= 0.6 is 11.8 Å². The number of cyclic esters (lactones) is 1. The Morgan fingerprint density at radius 2 is 1.81 bits per heavy atom. The highest BCUT2D eigenvalue weighted by Crippen LogP contribution is 2.66. The van der Waals surface area contributed by atoms with Crippen LogP contribution in [0.2, 0.25) is 0 Å². The molecule has 2 aromatic carbocycles. The van der Waals surface area contributed by atoms with Gasteiger partial charge >= 0.3 is 5.97 Å². The average Bonchev–Trinajstić information content (AvgIpc) is 3.58. The minimum Gasteiger partial charge on any atom is -0.465 e. The van der Waals surface area contributed by atoms with E-state index in [0.29, 0.717) is 12.0 Å². The Bertz CT molecular complexity index is 1640. The number of nitrogens with zero attached hydrogens (tertiary/aromatic N) is 5. The number of aromatic nitrogens is 3. The molecule has 0 bridgehead atoms. The molecule has 2 fully saturated rings. The van der Waals surface area contributed by atoms with E-state index in [0.717, 1.165) is 17.5 Å². The highest BCUT2D eigenvalue weighted by Gasteiger charge is 2.74. The smallest absolute Gasteiger partial charge is 0.311 e. The van der Waals surface area contributed by atoms with Crippen molar-refractivity contribution in [1.82, 2.24) is 24.8 Å². The molecular weight excluding hydrogens is 566 g/mol. The van der Waals surface area contributed by atoms with Gasteiger partial charge in [-0.1, -0.05) is 72.0 Å². The summed E-state index contributed by atoms with van der Waals surface area (Å²) >= 11 is 1.49. The van der Waals surface area contributed by atoms with E-state index in [1.807, 2.05) is 79.7 Å². The van der Waals surface area contributed by atoms with E-state index in [4.69, 9.17) is 4.74 Å². The van der Waals surface area contributed by atoms with E-state index < -0.39 is 39.4 Å². The number of hydrogen-bond acceptors (Lipinski definition) is 8. The Morgan fingerprint density at radius 1 is 1.02 bits per heavy atom. The zero-order valence-corrected chi connectivity index (χ0v) is 24.6. The van der Waals surface area contributed by atoms with Crippen LogP contribution in [0.3, 0.4) is 0 Å². The summed E-state index contributed by atoms with van der Waals surface area (Å²) in [5.41, 5.74) is 2.22. The molecule has 10 nitrogen and oxygen atoms in total. The maximum atomic E-state index is 14.8. The predicted octanol–water partition coefficient (Wildman–Crippen LogP) is 3.10. The van der Waals surface area contributed by atoms with E-state index in [-0.39, 0.29) is 38.2 Å². The molecule has 4 aliphatic rings. The lowest BCUT2D eigenvalue weighted by molar-refractivity contribution is -0.154. The van der Waals surface area contributed by atoms with Gasteiger partial charge in [-0.3, -0.25) is 14.4 Å². The fraction of sp³-hybridized carbons (Fsp3) is 0.406. The molecule has 2 saturated heterocycles. The van der Waals surface area contributed by atoms with Gasteiger partial charge in [-0.05, 0) is 37.5 Å². The summed E-state index contributed by atoms with van der Waals surface area (Å²) < 4.78 is 5.57. The number of ether oxygens (including phenoxy) is 1. The second-order valence-electron chi connectivity index (χ2n) is 11.7. The van der Waals surface area contributed by atoms with Crippen molar-refractivity contribution in [2.24, 2.45) is 11.8 Å². The summed E-state index contributed by atoms with van der Waals surface area (Å²) in [5, 5.41) is 19.3. The molecule has 0 saturated carbocycles. The van der Waals surface area contributed by atoms with E-state index in [2.05, 4.69) is 16.4 Å². The SMILES string of the molecule is C[C@@]12/C=C\CCCOC(=O)[C@@H]1[C@H]1C(=O)N([C@H](CO)c3ccccc3)C3C(=O)N(Cn4nnc5ccccc54)CC=C[C@@]31S2. The Kier molecular flexibility index (Phi) is 6.89. The first-order chi connectivity index (χ1) is 20.9. The predicted molar refractivity (Wildman–Crippen MR) is 160 cm³/mol. The van der Waals surface area contributed by atoms with Crippen molar-refractivity contribution in [3.8, 4) is 0 Å². The molecule has 3 aromatic rings. The highest BCUT2D eigenvalue weighted by molar-refractivity contribution is 8.02. The topological polar surface area (TPSA) is 118 Å². The first-order valence-corrected chi connectivity index (χ1v) is 15.5. The van der Waals surface area contributed by atoms with Crippen molar-refractivity contribution < 1.29 is 24.2 Å². The second kappa shape index (κ2) is 10.6. The number of carbonyl (C=O) groups is 3. The number of thioether (sulfide) groups is 1. The summed E-state index contributed by atoms with van der Waals surface area (Å²) in [6.07, 6.45) is 9.44. The lowest BCUT2D eigenvalue weighted by Gasteiger charge is -2.39. The fourth-order valence-corrected chi connectivity index (χ4v) is 9.44. The Hall–Kier alpha value is -3.96. The molecule has 43 heavy (non-hydrogen) atoms. The molecule has 4 aliphatic heterocycles. The first kappa shape index (κ1) is 27.8. The van der Waals surface area contributed by atoms with Crippen LogP contribution in [0, 0.1) is 11.8 Å². The zero-order valence-electron chi connectivity index (χ0n) is 23.8. The fourth-order valence-electron chi connectivity index (χ4n) is 7.30. The monoisotopic (exact) mass is 599 g/mol.